The Labute approximate surface area is 180 Å². The number of carbonyl (C=O) groups is 1. The van der Waals surface area contributed by atoms with Crippen molar-refractivity contribution in [3.63, 3.8) is 0 Å². The molecule has 1 aromatic carbocycles. The molecule has 30 heavy (non-hydrogen) atoms. The lowest BCUT2D eigenvalue weighted by molar-refractivity contribution is -0.121. The molecule has 0 saturated carbocycles. The number of nitrogens with zero attached hydrogens (tertiary/aromatic N) is 2. The number of rotatable bonds is 9. The van der Waals surface area contributed by atoms with Gasteiger partial charge in [0.25, 0.3) is 5.56 Å². The molecule has 158 valence electrons. The molecule has 7 heteroatoms. The molecule has 2 heterocycles. The third-order valence-electron chi connectivity index (χ3n) is 5.64. The predicted molar refractivity (Wildman–Crippen MR) is 123 cm³/mol. The van der Waals surface area contributed by atoms with Crippen molar-refractivity contribution >= 4 is 33.1 Å². The smallest absolute Gasteiger partial charge is 0.259 e. The Balaban J connectivity index is 1.25. The van der Waals surface area contributed by atoms with E-state index in [0.29, 0.717) is 25.2 Å². The van der Waals surface area contributed by atoms with Crippen molar-refractivity contribution in [2.24, 2.45) is 0 Å². The molecule has 0 unspecified atom stereocenters. The summed E-state index contributed by atoms with van der Waals surface area (Å²) in [5.74, 6) is 0.595. The van der Waals surface area contributed by atoms with Crippen molar-refractivity contribution in [1.82, 2.24) is 15.3 Å². The highest BCUT2D eigenvalue weighted by Gasteiger charge is 2.21. The summed E-state index contributed by atoms with van der Waals surface area (Å²) in [5.41, 5.74) is 2.33. The number of benzene rings is 1. The predicted octanol–water partition coefficient (Wildman–Crippen LogP) is 3.44. The zero-order valence-corrected chi connectivity index (χ0v) is 18.2. The SMILES string of the molecule is CCN(CCCNC(=O)CCc1nc2sc3c(c2c(=O)[nH]1)CCC3)c1ccccc1. The van der Waals surface area contributed by atoms with Gasteiger partial charge in [-0.15, -0.1) is 11.3 Å². The molecule has 0 saturated heterocycles. The fraction of sp³-hybridized carbons (Fsp3) is 0.435. The Hall–Kier alpha value is -2.67. The van der Waals surface area contributed by atoms with Gasteiger partial charge in [0.05, 0.1) is 5.39 Å². The van der Waals surface area contributed by atoms with E-state index < -0.39 is 0 Å². The summed E-state index contributed by atoms with van der Waals surface area (Å²) in [5, 5.41) is 3.75. The summed E-state index contributed by atoms with van der Waals surface area (Å²) in [6.07, 6.45) is 4.81. The molecule has 0 spiro atoms. The van der Waals surface area contributed by atoms with E-state index in [1.807, 2.05) is 18.2 Å². The molecule has 1 aliphatic carbocycles. The lowest BCUT2D eigenvalue weighted by Gasteiger charge is -2.23. The normalized spacial score (nSPS) is 12.8. The highest BCUT2D eigenvalue weighted by Crippen LogP contribution is 2.34. The number of aromatic amines is 1. The second-order valence-electron chi connectivity index (χ2n) is 7.67. The number of carbonyl (C=O) groups excluding carboxylic acids is 1. The van der Waals surface area contributed by atoms with Crippen molar-refractivity contribution in [2.45, 2.75) is 45.4 Å². The molecular formula is C23H28N4O2S. The van der Waals surface area contributed by atoms with Crippen LogP contribution < -0.4 is 15.8 Å². The van der Waals surface area contributed by atoms with E-state index in [9.17, 15) is 9.59 Å². The summed E-state index contributed by atoms with van der Waals surface area (Å²) in [4.78, 5) is 36.6. The Morgan fingerprint density at radius 1 is 1.27 bits per heavy atom. The van der Waals surface area contributed by atoms with Crippen LogP contribution in [0.5, 0.6) is 0 Å². The van der Waals surface area contributed by atoms with Crippen LogP contribution in [-0.4, -0.2) is 35.5 Å². The van der Waals surface area contributed by atoms with Gasteiger partial charge in [0.1, 0.15) is 10.7 Å². The van der Waals surface area contributed by atoms with Crippen LogP contribution in [-0.2, 0) is 24.1 Å². The minimum absolute atomic E-state index is 0.00539. The Kier molecular flexibility index (Phi) is 6.47. The quantitative estimate of drug-likeness (QED) is 0.516. The van der Waals surface area contributed by atoms with Gasteiger partial charge in [-0.25, -0.2) is 4.98 Å². The van der Waals surface area contributed by atoms with E-state index >= 15 is 0 Å². The molecule has 1 aliphatic rings. The molecule has 0 fully saturated rings. The second kappa shape index (κ2) is 9.43. The average Bonchev–Trinajstić information content (AvgIpc) is 3.34. The number of H-pyrrole nitrogens is 1. The zero-order chi connectivity index (χ0) is 20.9. The number of thiophene rings is 1. The third kappa shape index (κ3) is 4.56. The number of aromatic nitrogens is 2. The summed E-state index contributed by atoms with van der Waals surface area (Å²) in [7, 11) is 0. The first-order chi connectivity index (χ1) is 14.7. The third-order valence-corrected chi connectivity index (χ3v) is 6.83. The number of anilines is 1. The topological polar surface area (TPSA) is 78.1 Å². The van der Waals surface area contributed by atoms with Crippen LogP contribution in [0.25, 0.3) is 10.2 Å². The molecule has 2 aromatic heterocycles. The van der Waals surface area contributed by atoms with E-state index in [1.165, 1.54) is 16.1 Å². The van der Waals surface area contributed by atoms with Crippen molar-refractivity contribution in [3.05, 3.63) is 57.0 Å². The highest BCUT2D eigenvalue weighted by atomic mass is 32.1. The highest BCUT2D eigenvalue weighted by molar-refractivity contribution is 7.18. The minimum Gasteiger partial charge on any atom is -0.372 e. The van der Waals surface area contributed by atoms with Crippen molar-refractivity contribution in [2.75, 3.05) is 24.5 Å². The van der Waals surface area contributed by atoms with E-state index in [1.54, 1.807) is 11.3 Å². The first-order valence-electron chi connectivity index (χ1n) is 10.8. The first-order valence-corrected chi connectivity index (χ1v) is 11.6. The fourth-order valence-electron chi connectivity index (χ4n) is 4.09. The fourth-order valence-corrected chi connectivity index (χ4v) is 5.37. The Bertz CT molecular complexity index is 1070. The van der Waals surface area contributed by atoms with Gasteiger partial charge >= 0.3 is 0 Å². The van der Waals surface area contributed by atoms with Gasteiger partial charge in [-0.05, 0) is 50.3 Å². The van der Waals surface area contributed by atoms with Crippen molar-refractivity contribution in [3.8, 4) is 0 Å². The van der Waals surface area contributed by atoms with E-state index in [0.717, 1.165) is 49.0 Å². The molecule has 1 amide bonds. The van der Waals surface area contributed by atoms with Gasteiger partial charge < -0.3 is 15.2 Å². The zero-order valence-electron chi connectivity index (χ0n) is 17.4. The van der Waals surface area contributed by atoms with E-state index in [2.05, 4.69) is 39.2 Å². The van der Waals surface area contributed by atoms with Gasteiger partial charge in [-0.1, -0.05) is 18.2 Å². The van der Waals surface area contributed by atoms with Crippen LogP contribution in [0.4, 0.5) is 5.69 Å². The van der Waals surface area contributed by atoms with Crippen LogP contribution in [0.3, 0.4) is 0 Å². The Morgan fingerprint density at radius 2 is 2.10 bits per heavy atom. The molecule has 0 bridgehead atoms. The van der Waals surface area contributed by atoms with Gasteiger partial charge in [0.2, 0.25) is 5.91 Å². The van der Waals surface area contributed by atoms with Crippen molar-refractivity contribution in [1.29, 1.82) is 0 Å². The largest absolute Gasteiger partial charge is 0.372 e. The second-order valence-corrected chi connectivity index (χ2v) is 8.75. The first kappa shape index (κ1) is 20.6. The van der Waals surface area contributed by atoms with Gasteiger partial charge in [-0.3, -0.25) is 9.59 Å². The Morgan fingerprint density at radius 3 is 2.90 bits per heavy atom. The molecular weight excluding hydrogens is 396 g/mol. The van der Waals surface area contributed by atoms with E-state index in [-0.39, 0.29) is 11.5 Å². The molecule has 6 nitrogen and oxygen atoms in total. The maximum absolute atomic E-state index is 12.5. The average molecular weight is 425 g/mol. The maximum Gasteiger partial charge on any atom is 0.259 e. The summed E-state index contributed by atoms with van der Waals surface area (Å²) >= 11 is 1.63. The van der Waals surface area contributed by atoms with Gasteiger partial charge in [0, 0.05) is 43.0 Å². The number of hydrogen-bond acceptors (Lipinski definition) is 5. The molecule has 0 radical (unpaired) electrons. The molecule has 0 aliphatic heterocycles. The monoisotopic (exact) mass is 424 g/mol. The molecule has 3 aromatic rings. The van der Waals surface area contributed by atoms with Crippen molar-refractivity contribution < 1.29 is 4.79 Å². The number of hydrogen-bond donors (Lipinski definition) is 2. The molecule has 0 atom stereocenters. The van der Waals surface area contributed by atoms with E-state index in [4.69, 9.17) is 0 Å². The maximum atomic E-state index is 12.5. The van der Waals surface area contributed by atoms with Crippen LogP contribution in [0, 0.1) is 0 Å². The van der Waals surface area contributed by atoms with Crippen LogP contribution in [0.1, 0.15) is 42.5 Å². The number of nitrogens with one attached hydrogen (secondary N) is 2. The number of fused-ring (bicyclic) bond motifs is 3. The van der Waals surface area contributed by atoms with Crippen LogP contribution in [0.15, 0.2) is 35.1 Å². The number of amides is 1. The van der Waals surface area contributed by atoms with Gasteiger partial charge in [-0.2, -0.15) is 0 Å². The summed E-state index contributed by atoms with van der Waals surface area (Å²) in [6, 6.07) is 10.3. The van der Waals surface area contributed by atoms with Crippen LogP contribution in [0.2, 0.25) is 0 Å². The number of para-hydroxylation sites is 1. The lowest BCUT2D eigenvalue weighted by atomic mass is 10.2. The standard InChI is InChI=1S/C23H28N4O2S/c1-2-27(16-8-4-3-5-9-16)15-7-14-24-20(28)13-12-19-25-22(29)21-17-10-6-11-18(17)30-23(21)26-19/h3-5,8-9H,2,6-7,10-15H2,1H3,(H,24,28)(H,25,26,29). The molecule has 2 N–H and O–H groups in total. The lowest BCUT2D eigenvalue weighted by Crippen LogP contribution is -2.30. The summed E-state index contributed by atoms with van der Waals surface area (Å²) in [6.45, 7) is 4.61. The summed E-state index contributed by atoms with van der Waals surface area (Å²) < 4.78 is 0. The number of aryl methyl sites for hydroxylation is 3. The minimum atomic E-state index is -0.0598. The molecule has 4 rings (SSSR count). The van der Waals surface area contributed by atoms with Gasteiger partial charge in [0.15, 0.2) is 0 Å². The van der Waals surface area contributed by atoms with Crippen LogP contribution >= 0.6 is 11.3 Å².